The molecule has 122 valence electrons. The summed E-state index contributed by atoms with van der Waals surface area (Å²) in [5.74, 6) is -0.548. The van der Waals surface area contributed by atoms with Gasteiger partial charge in [0.2, 0.25) is 0 Å². The van der Waals surface area contributed by atoms with Crippen LogP contribution in [0.15, 0.2) is 54.9 Å². The minimum absolute atomic E-state index is 0.214. The standard InChI is InChI=1S/C17H15ClN4O2/c18-12-5-3-10(4-6-12)13-8-14(23)22-16(20-13)15(17(24)21-22)11-2-1-7-19-9-11/h1-9,15-17,20-21,24H. The van der Waals surface area contributed by atoms with Crippen molar-refractivity contribution in [3.8, 4) is 0 Å². The molecule has 2 aliphatic rings. The van der Waals surface area contributed by atoms with Gasteiger partial charge in [0, 0.05) is 29.2 Å². The van der Waals surface area contributed by atoms with Crippen molar-refractivity contribution in [3.05, 3.63) is 71.0 Å². The predicted octanol–water partition coefficient (Wildman–Crippen LogP) is 1.45. The molecular weight excluding hydrogens is 328 g/mol. The number of hydrazine groups is 1. The molecule has 4 rings (SSSR count). The minimum Gasteiger partial charge on any atom is -0.376 e. The molecule has 24 heavy (non-hydrogen) atoms. The number of aromatic nitrogens is 1. The number of pyridine rings is 1. The van der Waals surface area contributed by atoms with E-state index in [2.05, 4.69) is 15.7 Å². The van der Waals surface area contributed by atoms with Gasteiger partial charge in [-0.05, 0) is 29.3 Å². The molecule has 7 heteroatoms. The summed E-state index contributed by atoms with van der Waals surface area (Å²) in [5.41, 5.74) is 5.23. The van der Waals surface area contributed by atoms with Crippen LogP contribution in [0.2, 0.25) is 5.02 Å². The van der Waals surface area contributed by atoms with Gasteiger partial charge in [-0.15, -0.1) is 0 Å². The highest BCUT2D eigenvalue weighted by molar-refractivity contribution is 6.30. The molecule has 3 heterocycles. The van der Waals surface area contributed by atoms with Gasteiger partial charge in [0.05, 0.1) is 5.92 Å². The van der Waals surface area contributed by atoms with E-state index in [1.807, 2.05) is 24.3 Å². The van der Waals surface area contributed by atoms with Crippen LogP contribution in [0.4, 0.5) is 0 Å². The summed E-state index contributed by atoms with van der Waals surface area (Å²) in [5, 5.41) is 15.8. The van der Waals surface area contributed by atoms with Crippen LogP contribution in [-0.4, -0.2) is 33.4 Å². The monoisotopic (exact) mass is 342 g/mol. The van der Waals surface area contributed by atoms with E-state index in [4.69, 9.17) is 11.6 Å². The molecule has 0 bridgehead atoms. The van der Waals surface area contributed by atoms with Gasteiger partial charge in [-0.2, -0.15) is 0 Å². The van der Waals surface area contributed by atoms with Gasteiger partial charge in [-0.1, -0.05) is 29.8 Å². The van der Waals surface area contributed by atoms with Crippen molar-refractivity contribution >= 4 is 23.2 Å². The van der Waals surface area contributed by atoms with Crippen LogP contribution in [0.1, 0.15) is 17.0 Å². The van der Waals surface area contributed by atoms with E-state index in [9.17, 15) is 9.90 Å². The number of benzene rings is 1. The van der Waals surface area contributed by atoms with Crippen LogP contribution in [0.25, 0.3) is 5.70 Å². The molecule has 3 unspecified atom stereocenters. The van der Waals surface area contributed by atoms with Crippen LogP contribution in [0, 0.1) is 0 Å². The highest BCUT2D eigenvalue weighted by atomic mass is 35.5. The molecule has 2 aliphatic heterocycles. The molecule has 1 aromatic carbocycles. The van der Waals surface area contributed by atoms with Gasteiger partial charge >= 0.3 is 0 Å². The molecule has 1 fully saturated rings. The van der Waals surface area contributed by atoms with E-state index in [0.29, 0.717) is 10.7 Å². The molecule has 2 aromatic rings. The molecule has 3 atom stereocenters. The number of nitrogens with zero attached hydrogens (tertiary/aromatic N) is 2. The van der Waals surface area contributed by atoms with Crippen LogP contribution < -0.4 is 10.7 Å². The third kappa shape index (κ3) is 2.54. The number of halogens is 1. The first kappa shape index (κ1) is 15.1. The van der Waals surface area contributed by atoms with Crippen molar-refractivity contribution in [1.82, 2.24) is 20.7 Å². The first-order chi connectivity index (χ1) is 11.6. The lowest BCUT2D eigenvalue weighted by Gasteiger charge is -2.32. The van der Waals surface area contributed by atoms with Gasteiger partial charge in [0.25, 0.3) is 5.91 Å². The van der Waals surface area contributed by atoms with E-state index in [1.54, 1.807) is 24.5 Å². The molecule has 1 aromatic heterocycles. The van der Waals surface area contributed by atoms with E-state index >= 15 is 0 Å². The maximum Gasteiger partial charge on any atom is 0.264 e. The fourth-order valence-corrected chi connectivity index (χ4v) is 3.25. The number of amides is 1. The zero-order valence-electron chi connectivity index (χ0n) is 12.6. The number of fused-ring (bicyclic) bond motifs is 1. The molecule has 0 saturated carbocycles. The van der Waals surface area contributed by atoms with E-state index in [-0.39, 0.29) is 11.8 Å². The minimum atomic E-state index is -0.881. The molecule has 1 saturated heterocycles. The van der Waals surface area contributed by atoms with Crippen LogP contribution in [0.3, 0.4) is 0 Å². The largest absolute Gasteiger partial charge is 0.376 e. The third-order valence-electron chi connectivity index (χ3n) is 4.26. The van der Waals surface area contributed by atoms with Crippen molar-refractivity contribution < 1.29 is 9.90 Å². The van der Waals surface area contributed by atoms with Gasteiger partial charge in [0.1, 0.15) is 12.4 Å². The first-order valence-corrected chi connectivity index (χ1v) is 7.93. The Hall–Kier alpha value is -2.41. The highest BCUT2D eigenvalue weighted by Crippen LogP contribution is 2.33. The van der Waals surface area contributed by atoms with Crippen molar-refractivity contribution in [2.24, 2.45) is 0 Å². The maximum atomic E-state index is 12.4. The number of nitrogens with one attached hydrogen (secondary N) is 2. The van der Waals surface area contributed by atoms with Crippen molar-refractivity contribution in [1.29, 1.82) is 0 Å². The Morgan fingerprint density at radius 2 is 2.00 bits per heavy atom. The highest BCUT2D eigenvalue weighted by Gasteiger charge is 2.46. The summed E-state index contributed by atoms with van der Waals surface area (Å²) >= 11 is 5.93. The quantitative estimate of drug-likeness (QED) is 0.770. The number of aliphatic hydroxyl groups is 1. The lowest BCUT2D eigenvalue weighted by molar-refractivity contribution is -0.131. The van der Waals surface area contributed by atoms with Crippen molar-refractivity contribution in [3.63, 3.8) is 0 Å². The summed E-state index contributed by atoms with van der Waals surface area (Å²) in [7, 11) is 0. The number of aliphatic hydroxyl groups excluding tert-OH is 1. The molecule has 0 radical (unpaired) electrons. The number of hydrogen-bond acceptors (Lipinski definition) is 5. The number of carbonyl (C=O) groups excluding carboxylic acids is 1. The lowest BCUT2D eigenvalue weighted by atomic mass is 9.95. The number of hydrogen-bond donors (Lipinski definition) is 3. The van der Waals surface area contributed by atoms with Gasteiger partial charge in [0.15, 0.2) is 0 Å². The van der Waals surface area contributed by atoms with E-state index in [1.165, 1.54) is 11.1 Å². The van der Waals surface area contributed by atoms with Crippen LogP contribution in [0.5, 0.6) is 0 Å². The zero-order valence-corrected chi connectivity index (χ0v) is 13.3. The maximum absolute atomic E-state index is 12.4. The fourth-order valence-electron chi connectivity index (χ4n) is 3.12. The second-order valence-corrected chi connectivity index (χ2v) is 6.18. The molecule has 3 N–H and O–H groups in total. The smallest absolute Gasteiger partial charge is 0.264 e. The summed E-state index contributed by atoms with van der Waals surface area (Å²) < 4.78 is 0. The fraction of sp³-hybridized carbons (Fsp3) is 0.176. The Morgan fingerprint density at radius 1 is 1.21 bits per heavy atom. The van der Waals surface area contributed by atoms with Gasteiger partial charge < -0.3 is 10.4 Å². The number of rotatable bonds is 2. The average molecular weight is 343 g/mol. The second kappa shape index (κ2) is 5.90. The summed E-state index contributed by atoms with van der Waals surface area (Å²) in [4.78, 5) is 16.6. The summed E-state index contributed by atoms with van der Waals surface area (Å²) in [6.07, 6.45) is 3.59. The van der Waals surface area contributed by atoms with Gasteiger partial charge in [-0.3, -0.25) is 9.78 Å². The number of carbonyl (C=O) groups is 1. The lowest BCUT2D eigenvalue weighted by Crippen LogP contribution is -2.52. The normalized spacial score (nSPS) is 25.9. The Bertz CT molecular complexity index is 794. The third-order valence-corrected chi connectivity index (χ3v) is 4.51. The van der Waals surface area contributed by atoms with Crippen LogP contribution >= 0.6 is 11.6 Å². The predicted molar refractivity (Wildman–Crippen MR) is 89.3 cm³/mol. The van der Waals surface area contributed by atoms with Crippen LogP contribution in [-0.2, 0) is 4.79 Å². The van der Waals surface area contributed by atoms with Crippen molar-refractivity contribution in [2.45, 2.75) is 18.3 Å². The second-order valence-electron chi connectivity index (χ2n) is 5.75. The van der Waals surface area contributed by atoms with E-state index < -0.39 is 12.4 Å². The Morgan fingerprint density at radius 3 is 2.71 bits per heavy atom. The first-order valence-electron chi connectivity index (χ1n) is 7.55. The topological polar surface area (TPSA) is 77.5 Å². The summed E-state index contributed by atoms with van der Waals surface area (Å²) in [6.45, 7) is 0. The van der Waals surface area contributed by atoms with Gasteiger partial charge in [-0.25, -0.2) is 10.4 Å². The molecule has 0 aliphatic carbocycles. The average Bonchev–Trinajstić information content (AvgIpc) is 2.93. The molecule has 6 nitrogen and oxygen atoms in total. The van der Waals surface area contributed by atoms with Crippen molar-refractivity contribution in [2.75, 3.05) is 0 Å². The Kier molecular flexibility index (Phi) is 3.72. The summed E-state index contributed by atoms with van der Waals surface area (Å²) in [6, 6.07) is 10.9. The molecule has 0 spiro atoms. The SMILES string of the molecule is O=C1C=C(c2ccc(Cl)cc2)NC2C(c3cccnc3)C(O)NN12. The Balaban J connectivity index is 1.68. The molecule has 1 amide bonds. The van der Waals surface area contributed by atoms with E-state index in [0.717, 1.165) is 11.1 Å². The zero-order chi connectivity index (χ0) is 16.7. The molecular formula is C17H15ClN4O2. The Labute approximate surface area is 143 Å².